The third-order valence-corrected chi connectivity index (χ3v) is 4.99. The van der Waals surface area contributed by atoms with Crippen LogP contribution in [0.25, 0.3) is 0 Å². The second-order valence-corrected chi connectivity index (χ2v) is 6.47. The van der Waals surface area contributed by atoms with E-state index in [2.05, 4.69) is 15.5 Å². The molecule has 1 aromatic rings. The Hall–Kier alpha value is -1.43. The van der Waals surface area contributed by atoms with E-state index in [1.54, 1.807) is 6.92 Å². The number of hydrogen-bond acceptors (Lipinski definition) is 5. The van der Waals surface area contributed by atoms with Gasteiger partial charge >= 0.3 is 0 Å². The van der Waals surface area contributed by atoms with Gasteiger partial charge in [0, 0.05) is 24.9 Å². The Balaban J connectivity index is 1.47. The lowest BCUT2D eigenvalue weighted by Crippen LogP contribution is -2.49. The Labute approximate surface area is 124 Å². The number of nitrogens with zero attached hydrogens (tertiary/aromatic N) is 2. The minimum Gasteiger partial charge on any atom is -0.355 e. The van der Waals surface area contributed by atoms with Crippen LogP contribution in [-0.4, -0.2) is 28.6 Å². The molecule has 2 fully saturated rings. The van der Waals surface area contributed by atoms with Crippen LogP contribution in [0.5, 0.6) is 0 Å². The standard InChI is InChI=1S/C15H24N4O2/c1-9-18-13(21-19-9)5-6-17-15(20)12-7-10-3-2-4-11(8-12)14(10)16/h10-12,14H,2-8,16H2,1H3,(H,17,20). The molecule has 2 atom stereocenters. The van der Waals surface area contributed by atoms with Gasteiger partial charge in [0.1, 0.15) is 0 Å². The highest BCUT2D eigenvalue weighted by Gasteiger charge is 2.40. The molecule has 21 heavy (non-hydrogen) atoms. The molecule has 1 heterocycles. The summed E-state index contributed by atoms with van der Waals surface area (Å²) in [6.07, 6.45) is 6.12. The van der Waals surface area contributed by atoms with Crippen molar-refractivity contribution in [3.63, 3.8) is 0 Å². The van der Waals surface area contributed by atoms with Crippen LogP contribution in [0.15, 0.2) is 4.52 Å². The van der Waals surface area contributed by atoms with Crippen molar-refractivity contribution in [1.82, 2.24) is 15.5 Å². The van der Waals surface area contributed by atoms with E-state index < -0.39 is 0 Å². The molecule has 116 valence electrons. The molecule has 2 bridgehead atoms. The third-order valence-electron chi connectivity index (χ3n) is 4.99. The lowest BCUT2D eigenvalue weighted by Gasteiger charge is -2.43. The van der Waals surface area contributed by atoms with Crippen LogP contribution in [0.4, 0.5) is 0 Å². The van der Waals surface area contributed by atoms with Gasteiger partial charge in [0.05, 0.1) is 0 Å². The zero-order valence-electron chi connectivity index (χ0n) is 12.5. The Kier molecular flexibility index (Phi) is 4.24. The summed E-state index contributed by atoms with van der Waals surface area (Å²) in [6, 6.07) is 0.309. The molecule has 0 radical (unpaired) electrons. The smallest absolute Gasteiger partial charge is 0.228 e. The molecule has 6 heteroatoms. The molecule has 3 rings (SSSR count). The van der Waals surface area contributed by atoms with Gasteiger partial charge in [-0.05, 0) is 44.4 Å². The topological polar surface area (TPSA) is 94.0 Å². The SMILES string of the molecule is Cc1noc(CCNC(=O)C2CC3CCCC(C2)C3N)n1. The first-order valence-corrected chi connectivity index (χ1v) is 7.96. The summed E-state index contributed by atoms with van der Waals surface area (Å²) in [6.45, 7) is 2.34. The second kappa shape index (κ2) is 6.13. The molecule has 2 aliphatic carbocycles. The number of nitrogens with one attached hydrogen (secondary N) is 1. The number of aromatic nitrogens is 2. The number of fused-ring (bicyclic) bond motifs is 2. The molecular weight excluding hydrogens is 268 g/mol. The minimum absolute atomic E-state index is 0.129. The number of carbonyl (C=O) groups excluding carboxylic acids is 1. The number of amides is 1. The van der Waals surface area contributed by atoms with Gasteiger partial charge in [-0.2, -0.15) is 4.98 Å². The molecule has 2 aliphatic rings. The molecule has 0 aromatic carbocycles. The molecule has 0 aliphatic heterocycles. The van der Waals surface area contributed by atoms with Gasteiger partial charge < -0.3 is 15.6 Å². The summed E-state index contributed by atoms with van der Waals surface area (Å²) >= 11 is 0. The molecule has 2 unspecified atom stereocenters. The van der Waals surface area contributed by atoms with E-state index in [1.165, 1.54) is 19.3 Å². The Morgan fingerprint density at radius 2 is 2.10 bits per heavy atom. The summed E-state index contributed by atoms with van der Waals surface area (Å²) in [4.78, 5) is 16.4. The van der Waals surface area contributed by atoms with E-state index in [1.807, 2.05) is 0 Å². The van der Waals surface area contributed by atoms with E-state index in [0.29, 0.717) is 42.6 Å². The molecule has 1 amide bonds. The van der Waals surface area contributed by atoms with Gasteiger partial charge in [0.2, 0.25) is 11.8 Å². The monoisotopic (exact) mass is 292 g/mol. The Morgan fingerprint density at radius 1 is 1.38 bits per heavy atom. The van der Waals surface area contributed by atoms with Crippen LogP contribution in [0, 0.1) is 24.7 Å². The van der Waals surface area contributed by atoms with Crippen LogP contribution >= 0.6 is 0 Å². The van der Waals surface area contributed by atoms with Crippen molar-refractivity contribution in [2.45, 2.75) is 51.5 Å². The number of rotatable bonds is 4. The van der Waals surface area contributed by atoms with Gasteiger partial charge in [-0.15, -0.1) is 0 Å². The highest BCUT2D eigenvalue weighted by molar-refractivity contribution is 5.78. The number of carbonyl (C=O) groups is 1. The fraction of sp³-hybridized carbons (Fsp3) is 0.800. The molecule has 0 saturated heterocycles. The van der Waals surface area contributed by atoms with Gasteiger partial charge in [-0.3, -0.25) is 4.79 Å². The summed E-state index contributed by atoms with van der Waals surface area (Å²) in [5, 5.41) is 6.75. The van der Waals surface area contributed by atoms with Crippen molar-refractivity contribution in [3.05, 3.63) is 11.7 Å². The van der Waals surface area contributed by atoms with Crippen LogP contribution in [-0.2, 0) is 11.2 Å². The lowest BCUT2D eigenvalue weighted by atomic mass is 9.65. The minimum atomic E-state index is 0.129. The van der Waals surface area contributed by atoms with Crippen molar-refractivity contribution in [3.8, 4) is 0 Å². The Bertz CT molecular complexity index is 488. The van der Waals surface area contributed by atoms with Crippen LogP contribution in [0.2, 0.25) is 0 Å². The van der Waals surface area contributed by atoms with Gasteiger partial charge in [0.25, 0.3) is 0 Å². The van der Waals surface area contributed by atoms with E-state index in [-0.39, 0.29) is 11.8 Å². The summed E-state index contributed by atoms with van der Waals surface area (Å²) in [5.74, 6) is 2.57. The average Bonchev–Trinajstić information content (AvgIpc) is 2.84. The quantitative estimate of drug-likeness (QED) is 0.869. The number of hydrogen-bond donors (Lipinski definition) is 2. The largest absolute Gasteiger partial charge is 0.355 e. The molecule has 0 spiro atoms. The van der Waals surface area contributed by atoms with Crippen LogP contribution in [0.1, 0.15) is 43.8 Å². The van der Waals surface area contributed by atoms with Crippen LogP contribution in [0.3, 0.4) is 0 Å². The van der Waals surface area contributed by atoms with Gasteiger partial charge in [-0.1, -0.05) is 11.6 Å². The van der Waals surface area contributed by atoms with Crippen molar-refractivity contribution >= 4 is 5.91 Å². The van der Waals surface area contributed by atoms with E-state index in [0.717, 1.165) is 12.8 Å². The maximum absolute atomic E-state index is 12.3. The summed E-state index contributed by atoms with van der Waals surface area (Å²) in [7, 11) is 0. The molecule has 1 aromatic heterocycles. The lowest BCUT2D eigenvalue weighted by molar-refractivity contribution is -0.127. The first-order valence-electron chi connectivity index (χ1n) is 7.96. The van der Waals surface area contributed by atoms with Crippen LogP contribution < -0.4 is 11.1 Å². The van der Waals surface area contributed by atoms with E-state index >= 15 is 0 Å². The highest BCUT2D eigenvalue weighted by Crippen LogP contribution is 2.41. The van der Waals surface area contributed by atoms with Crippen molar-refractivity contribution in [1.29, 1.82) is 0 Å². The van der Waals surface area contributed by atoms with Gasteiger partial charge in [0.15, 0.2) is 5.82 Å². The highest BCUT2D eigenvalue weighted by atomic mass is 16.5. The van der Waals surface area contributed by atoms with E-state index in [9.17, 15) is 4.79 Å². The Morgan fingerprint density at radius 3 is 2.71 bits per heavy atom. The molecular formula is C15H24N4O2. The fourth-order valence-corrected chi connectivity index (χ4v) is 3.88. The molecule has 2 saturated carbocycles. The maximum Gasteiger partial charge on any atom is 0.228 e. The van der Waals surface area contributed by atoms with Gasteiger partial charge in [-0.25, -0.2) is 0 Å². The predicted octanol–water partition coefficient (Wildman–Crippen LogP) is 1.19. The first-order chi connectivity index (χ1) is 10.1. The van der Waals surface area contributed by atoms with E-state index in [4.69, 9.17) is 10.3 Å². The van der Waals surface area contributed by atoms with Crippen molar-refractivity contribution < 1.29 is 9.32 Å². The fourth-order valence-electron chi connectivity index (χ4n) is 3.88. The van der Waals surface area contributed by atoms with Crippen molar-refractivity contribution in [2.75, 3.05) is 6.54 Å². The second-order valence-electron chi connectivity index (χ2n) is 6.47. The summed E-state index contributed by atoms with van der Waals surface area (Å²) in [5.41, 5.74) is 6.27. The zero-order valence-corrected chi connectivity index (χ0v) is 12.5. The molecule has 3 N–H and O–H groups in total. The maximum atomic E-state index is 12.3. The number of nitrogens with two attached hydrogens (primary N) is 1. The predicted molar refractivity (Wildman–Crippen MR) is 77.3 cm³/mol. The number of aryl methyl sites for hydroxylation is 1. The molecule has 6 nitrogen and oxygen atoms in total. The third kappa shape index (κ3) is 3.26. The average molecular weight is 292 g/mol. The zero-order chi connectivity index (χ0) is 14.8. The normalized spacial score (nSPS) is 31.9. The summed E-state index contributed by atoms with van der Waals surface area (Å²) < 4.78 is 5.04. The van der Waals surface area contributed by atoms with Crippen molar-refractivity contribution in [2.24, 2.45) is 23.5 Å². The first kappa shape index (κ1) is 14.5.